The van der Waals surface area contributed by atoms with E-state index in [9.17, 15) is 0 Å². The van der Waals surface area contributed by atoms with Crippen LogP contribution in [0.5, 0.6) is 5.75 Å². The van der Waals surface area contributed by atoms with Crippen molar-refractivity contribution in [3.05, 3.63) is 48.0 Å². The number of hydrogen-bond donors (Lipinski definition) is 2. The average Bonchev–Trinajstić information content (AvgIpc) is 2.76. The Morgan fingerprint density at radius 3 is 2.69 bits per heavy atom. The van der Waals surface area contributed by atoms with Gasteiger partial charge in [-0.3, -0.25) is 0 Å². The number of aromatic nitrogens is 2. The van der Waals surface area contributed by atoms with Crippen LogP contribution < -0.4 is 5.73 Å². The Kier molecular flexibility index (Phi) is 3.22. The minimum Gasteiger partial charge on any atom is -0.508 e. The predicted molar refractivity (Wildman–Crippen MR) is 61.9 cm³/mol. The van der Waals surface area contributed by atoms with Gasteiger partial charge in [-0.25, -0.2) is 4.98 Å². The molecule has 1 heterocycles. The summed E-state index contributed by atoms with van der Waals surface area (Å²) < 4.78 is 2.05. The summed E-state index contributed by atoms with van der Waals surface area (Å²) in [5, 5.41) is 9.16. The van der Waals surface area contributed by atoms with Crippen molar-refractivity contribution < 1.29 is 5.11 Å². The highest BCUT2D eigenvalue weighted by atomic mass is 16.3. The van der Waals surface area contributed by atoms with E-state index in [-0.39, 0.29) is 0 Å². The Balaban J connectivity index is 1.99. The summed E-state index contributed by atoms with van der Waals surface area (Å²) in [6.45, 7) is 1.37. The first kappa shape index (κ1) is 10.7. The Hall–Kier alpha value is -1.81. The van der Waals surface area contributed by atoms with Gasteiger partial charge in [0.25, 0.3) is 0 Å². The van der Waals surface area contributed by atoms with Crippen molar-refractivity contribution in [3.8, 4) is 5.75 Å². The molecule has 84 valence electrons. The number of phenols is 1. The van der Waals surface area contributed by atoms with Gasteiger partial charge in [-0.2, -0.15) is 0 Å². The van der Waals surface area contributed by atoms with E-state index in [2.05, 4.69) is 4.98 Å². The number of imidazole rings is 1. The summed E-state index contributed by atoms with van der Waals surface area (Å²) in [4.78, 5) is 4.06. The molecule has 4 heteroatoms. The fourth-order valence-electron chi connectivity index (χ4n) is 1.63. The number of nitrogens with zero attached hydrogens (tertiary/aromatic N) is 2. The molecular weight excluding hydrogens is 202 g/mol. The van der Waals surface area contributed by atoms with Gasteiger partial charge in [-0.05, 0) is 24.1 Å². The van der Waals surface area contributed by atoms with Crippen molar-refractivity contribution in [2.24, 2.45) is 5.73 Å². The van der Waals surface area contributed by atoms with Gasteiger partial charge in [0.15, 0.2) is 0 Å². The molecule has 1 aromatic heterocycles. The molecule has 1 aromatic carbocycles. The zero-order chi connectivity index (χ0) is 11.4. The van der Waals surface area contributed by atoms with Crippen molar-refractivity contribution in [2.45, 2.75) is 19.5 Å². The van der Waals surface area contributed by atoms with E-state index in [1.165, 1.54) is 5.56 Å². The van der Waals surface area contributed by atoms with E-state index in [4.69, 9.17) is 10.8 Å². The van der Waals surface area contributed by atoms with Crippen LogP contribution >= 0.6 is 0 Å². The smallest absolute Gasteiger partial charge is 0.115 e. The van der Waals surface area contributed by atoms with Crippen LogP contribution in [0.4, 0.5) is 0 Å². The first-order valence-corrected chi connectivity index (χ1v) is 5.26. The fraction of sp³-hybridized carbons (Fsp3) is 0.250. The lowest BCUT2D eigenvalue weighted by atomic mass is 10.1. The van der Waals surface area contributed by atoms with Gasteiger partial charge in [0.2, 0.25) is 0 Å². The zero-order valence-corrected chi connectivity index (χ0v) is 9.00. The molecule has 0 aliphatic carbocycles. The molecule has 3 N–H and O–H groups in total. The minimum atomic E-state index is 0.300. The molecule has 0 fully saturated rings. The number of aryl methyl sites for hydroxylation is 2. The van der Waals surface area contributed by atoms with Crippen molar-refractivity contribution in [1.82, 2.24) is 9.55 Å². The molecule has 4 nitrogen and oxygen atoms in total. The third-order valence-electron chi connectivity index (χ3n) is 2.59. The summed E-state index contributed by atoms with van der Waals surface area (Å²) in [6, 6.07) is 7.25. The van der Waals surface area contributed by atoms with Gasteiger partial charge < -0.3 is 15.4 Å². The largest absolute Gasteiger partial charge is 0.508 e. The predicted octanol–water partition coefficient (Wildman–Crippen LogP) is 1.29. The third-order valence-corrected chi connectivity index (χ3v) is 2.59. The van der Waals surface area contributed by atoms with Crippen LogP contribution in [0.2, 0.25) is 0 Å². The summed E-state index contributed by atoms with van der Waals surface area (Å²) >= 11 is 0. The van der Waals surface area contributed by atoms with Gasteiger partial charge in [0.1, 0.15) is 5.75 Å². The molecule has 0 amide bonds. The van der Waals surface area contributed by atoms with Gasteiger partial charge >= 0.3 is 0 Å². The molecule has 2 rings (SSSR count). The van der Waals surface area contributed by atoms with E-state index in [0.717, 1.165) is 18.7 Å². The highest BCUT2D eigenvalue weighted by Gasteiger charge is 2.00. The molecule has 0 atom stereocenters. The lowest BCUT2D eigenvalue weighted by Gasteiger charge is -2.06. The first-order valence-electron chi connectivity index (χ1n) is 5.26. The van der Waals surface area contributed by atoms with Crippen LogP contribution in [0.25, 0.3) is 0 Å². The van der Waals surface area contributed by atoms with E-state index in [1.54, 1.807) is 24.7 Å². The maximum absolute atomic E-state index is 9.16. The molecular formula is C12H15N3O. The number of aromatic hydroxyl groups is 1. The third kappa shape index (κ3) is 2.41. The van der Waals surface area contributed by atoms with E-state index >= 15 is 0 Å². The number of nitrogens with two attached hydrogens (primary N) is 1. The maximum Gasteiger partial charge on any atom is 0.115 e. The van der Waals surface area contributed by atoms with Crippen molar-refractivity contribution >= 4 is 0 Å². The van der Waals surface area contributed by atoms with E-state index in [0.29, 0.717) is 12.3 Å². The van der Waals surface area contributed by atoms with Crippen LogP contribution in [0.1, 0.15) is 11.3 Å². The van der Waals surface area contributed by atoms with E-state index < -0.39 is 0 Å². The van der Waals surface area contributed by atoms with Crippen LogP contribution in [-0.2, 0) is 19.5 Å². The topological polar surface area (TPSA) is 64.1 Å². The normalized spacial score (nSPS) is 10.6. The summed E-state index contributed by atoms with van der Waals surface area (Å²) in [5.41, 5.74) is 7.82. The van der Waals surface area contributed by atoms with Gasteiger partial charge in [0.05, 0.1) is 12.0 Å². The molecule has 0 saturated carbocycles. The van der Waals surface area contributed by atoms with Gasteiger partial charge in [-0.1, -0.05) is 12.1 Å². The Morgan fingerprint density at radius 2 is 2.00 bits per heavy atom. The molecule has 0 unspecified atom stereocenters. The zero-order valence-electron chi connectivity index (χ0n) is 9.00. The Bertz CT molecular complexity index is 448. The van der Waals surface area contributed by atoms with Crippen LogP contribution in [0.3, 0.4) is 0 Å². The molecule has 0 saturated heterocycles. The monoisotopic (exact) mass is 217 g/mol. The lowest BCUT2D eigenvalue weighted by molar-refractivity contribution is 0.475. The molecule has 0 bridgehead atoms. The highest BCUT2D eigenvalue weighted by Crippen LogP contribution is 2.11. The number of rotatable bonds is 4. The van der Waals surface area contributed by atoms with Crippen LogP contribution in [0, 0.1) is 0 Å². The van der Waals surface area contributed by atoms with Crippen LogP contribution in [-0.4, -0.2) is 14.7 Å². The average molecular weight is 217 g/mol. The summed E-state index contributed by atoms with van der Waals surface area (Å²) in [6.07, 6.45) is 4.49. The molecule has 0 radical (unpaired) electrons. The molecule has 2 aromatic rings. The maximum atomic E-state index is 9.16. The first-order chi connectivity index (χ1) is 7.79. The highest BCUT2D eigenvalue weighted by molar-refractivity contribution is 5.25. The second-order valence-corrected chi connectivity index (χ2v) is 3.70. The van der Waals surface area contributed by atoms with Crippen molar-refractivity contribution in [2.75, 3.05) is 0 Å². The summed E-state index contributed by atoms with van der Waals surface area (Å²) in [7, 11) is 0. The number of hydrogen-bond acceptors (Lipinski definition) is 3. The molecule has 0 aliphatic rings. The minimum absolute atomic E-state index is 0.300. The Morgan fingerprint density at radius 1 is 1.25 bits per heavy atom. The molecule has 0 aliphatic heterocycles. The second kappa shape index (κ2) is 4.81. The molecule has 16 heavy (non-hydrogen) atoms. The van der Waals surface area contributed by atoms with Gasteiger partial charge in [0, 0.05) is 19.3 Å². The van der Waals surface area contributed by atoms with Crippen molar-refractivity contribution in [1.29, 1.82) is 0 Å². The second-order valence-electron chi connectivity index (χ2n) is 3.70. The number of benzene rings is 1. The Labute approximate surface area is 94.4 Å². The molecule has 0 spiro atoms. The van der Waals surface area contributed by atoms with E-state index in [1.807, 2.05) is 16.7 Å². The summed E-state index contributed by atoms with van der Waals surface area (Å²) in [5.74, 6) is 0.300. The van der Waals surface area contributed by atoms with Gasteiger partial charge in [-0.15, -0.1) is 0 Å². The quantitative estimate of drug-likeness (QED) is 0.811. The SMILES string of the molecule is NCc1cncn1CCc1ccc(O)cc1. The van der Waals surface area contributed by atoms with Crippen LogP contribution in [0.15, 0.2) is 36.8 Å². The fourth-order valence-corrected chi connectivity index (χ4v) is 1.63. The standard InChI is InChI=1S/C12H15N3O/c13-7-11-8-14-9-15(11)6-5-10-1-3-12(16)4-2-10/h1-4,8-9,16H,5-7,13H2. The van der Waals surface area contributed by atoms with Crippen molar-refractivity contribution in [3.63, 3.8) is 0 Å². The number of phenolic OH excluding ortho intramolecular Hbond substituents is 1. The lowest BCUT2D eigenvalue weighted by Crippen LogP contribution is -2.08.